The molecule has 2 N–H and O–H groups in total. The number of carbonyl (C=O) groups is 2. The first kappa shape index (κ1) is 17.9. The Morgan fingerprint density at radius 1 is 0.895 bits per heavy atom. The van der Waals surface area contributed by atoms with E-state index in [9.17, 15) is 9.59 Å². The van der Waals surface area contributed by atoms with Gasteiger partial charge < -0.3 is 20.4 Å². The van der Waals surface area contributed by atoms with E-state index in [1.807, 2.05) is 19.0 Å². The lowest BCUT2D eigenvalue weighted by atomic mass is 10.3. The first-order valence-electron chi connectivity index (χ1n) is 6.94. The number of hydrogen-bond acceptors (Lipinski definition) is 4. The number of nitrogens with one attached hydrogen (secondary N) is 2. The Kier molecular flexibility index (Phi) is 10.1. The van der Waals surface area contributed by atoms with E-state index in [2.05, 4.69) is 29.4 Å². The summed E-state index contributed by atoms with van der Waals surface area (Å²) in [5, 5.41) is 5.22. The van der Waals surface area contributed by atoms with Crippen molar-refractivity contribution in [2.45, 2.75) is 20.3 Å². The smallest absolute Gasteiger partial charge is 0.309 e. The topological polar surface area (TPSA) is 64.7 Å². The normalized spacial score (nSPS) is 10.8. The third-order valence-corrected chi connectivity index (χ3v) is 2.88. The molecule has 0 aliphatic carbocycles. The fourth-order valence-corrected chi connectivity index (χ4v) is 1.60. The first-order chi connectivity index (χ1) is 9.01. The van der Waals surface area contributed by atoms with Crippen molar-refractivity contribution in [2.75, 3.05) is 53.4 Å². The molecule has 0 aromatic carbocycles. The van der Waals surface area contributed by atoms with Gasteiger partial charge >= 0.3 is 11.8 Å². The fraction of sp³-hybridized carbons (Fsp3) is 0.846. The quantitative estimate of drug-likeness (QED) is 0.439. The third-order valence-electron chi connectivity index (χ3n) is 2.88. The van der Waals surface area contributed by atoms with E-state index >= 15 is 0 Å². The highest BCUT2D eigenvalue weighted by molar-refractivity contribution is 6.35. The van der Waals surface area contributed by atoms with Crippen LogP contribution in [-0.2, 0) is 9.59 Å². The third kappa shape index (κ3) is 9.44. The molecule has 0 fully saturated rings. The van der Waals surface area contributed by atoms with E-state index in [-0.39, 0.29) is 0 Å². The number of hydrogen-bond donors (Lipinski definition) is 2. The van der Waals surface area contributed by atoms with Crippen LogP contribution in [0.15, 0.2) is 0 Å². The Labute approximate surface area is 116 Å². The van der Waals surface area contributed by atoms with Crippen molar-refractivity contribution in [3.05, 3.63) is 0 Å². The lowest BCUT2D eigenvalue weighted by Crippen LogP contribution is -2.42. The molecule has 19 heavy (non-hydrogen) atoms. The highest BCUT2D eigenvalue weighted by Crippen LogP contribution is 1.89. The number of likely N-dealkylation sites (N-methyl/N-ethyl adjacent to an activating group) is 1. The van der Waals surface area contributed by atoms with Gasteiger partial charge in [0.2, 0.25) is 0 Å². The summed E-state index contributed by atoms with van der Waals surface area (Å²) < 4.78 is 0. The summed E-state index contributed by atoms with van der Waals surface area (Å²) in [6.45, 7) is 8.93. The molecule has 0 heterocycles. The van der Waals surface area contributed by atoms with Crippen LogP contribution in [0.5, 0.6) is 0 Å². The molecule has 0 saturated heterocycles. The number of carbonyl (C=O) groups excluding carboxylic acids is 2. The molecule has 6 heteroatoms. The van der Waals surface area contributed by atoms with Crippen molar-refractivity contribution in [3.8, 4) is 0 Å². The molecule has 0 spiro atoms. The van der Waals surface area contributed by atoms with Crippen LogP contribution in [0.2, 0.25) is 0 Å². The van der Waals surface area contributed by atoms with E-state index in [0.717, 1.165) is 32.6 Å². The second-order valence-electron chi connectivity index (χ2n) is 4.70. The highest BCUT2D eigenvalue weighted by Gasteiger charge is 2.11. The van der Waals surface area contributed by atoms with Crippen LogP contribution in [0.3, 0.4) is 0 Å². The van der Waals surface area contributed by atoms with Crippen LogP contribution in [0.25, 0.3) is 0 Å². The average molecular weight is 272 g/mol. The van der Waals surface area contributed by atoms with E-state index in [1.165, 1.54) is 0 Å². The Bertz CT molecular complexity index is 265. The zero-order chi connectivity index (χ0) is 14.7. The summed E-state index contributed by atoms with van der Waals surface area (Å²) >= 11 is 0. The largest absolute Gasteiger partial charge is 0.348 e. The molecule has 0 aromatic rings. The molecule has 112 valence electrons. The van der Waals surface area contributed by atoms with E-state index in [0.29, 0.717) is 13.1 Å². The summed E-state index contributed by atoms with van der Waals surface area (Å²) in [5.41, 5.74) is 0. The second-order valence-corrected chi connectivity index (χ2v) is 4.70. The Hall–Kier alpha value is -1.14. The minimum Gasteiger partial charge on any atom is -0.348 e. The van der Waals surface area contributed by atoms with Gasteiger partial charge in [-0.1, -0.05) is 13.8 Å². The summed E-state index contributed by atoms with van der Waals surface area (Å²) in [4.78, 5) is 27.1. The number of amides is 2. The molecular formula is C13H28N4O2. The van der Waals surface area contributed by atoms with Gasteiger partial charge in [0.05, 0.1) is 0 Å². The molecule has 0 aliphatic rings. The standard InChI is InChI=1S/C13H28N4O2/c1-5-17(6-2)10-7-8-14-12(18)13(19)15-9-11-16(3)4/h5-11H2,1-4H3,(H,14,18)(H,15,19). The second kappa shape index (κ2) is 10.8. The van der Waals surface area contributed by atoms with E-state index < -0.39 is 11.8 Å². The van der Waals surface area contributed by atoms with Gasteiger partial charge in [-0.05, 0) is 40.2 Å². The van der Waals surface area contributed by atoms with Crippen LogP contribution in [-0.4, -0.2) is 75.0 Å². The van der Waals surface area contributed by atoms with Gasteiger partial charge in [-0.2, -0.15) is 0 Å². The Morgan fingerprint density at radius 2 is 1.42 bits per heavy atom. The fourth-order valence-electron chi connectivity index (χ4n) is 1.60. The zero-order valence-corrected chi connectivity index (χ0v) is 12.7. The first-order valence-corrected chi connectivity index (χ1v) is 6.94. The molecule has 6 nitrogen and oxygen atoms in total. The van der Waals surface area contributed by atoms with Gasteiger partial charge in [0.15, 0.2) is 0 Å². The highest BCUT2D eigenvalue weighted by atomic mass is 16.2. The molecule has 0 rings (SSSR count). The molecule has 0 atom stereocenters. The summed E-state index contributed by atoms with van der Waals surface area (Å²) in [5.74, 6) is -1.09. The van der Waals surface area contributed by atoms with Crippen LogP contribution in [0.1, 0.15) is 20.3 Å². The molecule has 2 amide bonds. The Balaban J connectivity index is 3.65. The zero-order valence-electron chi connectivity index (χ0n) is 12.7. The predicted octanol–water partition coefficient (Wildman–Crippen LogP) is -0.488. The predicted molar refractivity (Wildman–Crippen MR) is 77.0 cm³/mol. The van der Waals surface area contributed by atoms with Gasteiger partial charge in [-0.25, -0.2) is 0 Å². The molecule has 0 unspecified atom stereocenters. The van der Waals surface area contributed by atoms with Crippen LogP contribution < -0.4 is 10.6 Å². The lowest BCUT2D eigenvalue weighted by molar-refractivity contribution is -0.139. The average Bonchev–Trinajstić information content (AvgIpc) is 2.38. The van der Waals surface area contributed by atoms with Crippen LogP contribution in [0.4, 0.5) is 0 Å². The molecule has 0 radical (unpaired) electrons. The minimum absolute atomic E-state index is 0.485. The monoisotopic (exact) mass is 272 g/mol. The van der Waals surface area contributed by atoms with Crippen LogP contribution in [0, 0.1) is 0 Å². The number of rotatable bonds is 9. The van der Waals surface area contributed by atoms with Crippen molar-refractivity contribution in [1.29, 1.82) is 0 Å². The van der Waals surface area contributed by atoms with Crippen molar-refractivity contribution in [3.63, 3.8) is 0 Å². The van der Waals surface area contributed by atoms with Gasteiger partial charge in [-0.3, -0.25) is 9.59 Å². The van der Waals surface area contributed by atoms with Crippen molar-refractivity contribution in [1.82, 2.24) is 20.4 Å². The maximum Gasteiger partial charge on any atom is 0.309 e. The summed E-state index contributed by atoms with van der Waals surface area (Å²) in [6, 6.07) is 0. The summed E-state index contributed by atoms with van der Waals surface area (Å²) in [7, 11) is 3.83. The van der Waals surface area contributed by atoms with E-state index in [4.69, 9.17) is 0 Å². The molecule has 0 saturated carbocycles. The Morgan fingerprint density at radius 3 is 1.89 bits per heavy atom. The van der Waals surface area contributed by atoms with Gasteiger partial charge in [-0.15, -0.1) is 0 Å². The number of nitrogens with zero attached hydrogens (tertiary/aromatic N) is 2. The minimum atomic E-state index is -0.551. The van der Waals surface area contributed by atoms with Crippen LogP contribution >= 0.6 is 0 Å². The van der Waals surface area contributed by atoms with Gasteiger partial charge in [0.25, 0.3) is 0 Å². The maximum absolute atomic E-state index is 11.5. The maximum atomic E-state index is 11.5. The molecule has 0 bridgehead atoms. The SMILES string of the molecule is CCN(CC)CCCNC(=O)C(=O)NCCN(C)C. The molecule has 0 aliphatic heterocycles. The van der Waals surface area contributed by atoms with Gasteiger partial charge in [0, 0.05) is 19.6 Å². The molecule has 0 aromatic heterocycles. The molecular weight excluding hydrogens is 244 g/mol. The van der Waals surface area contributed by atoms with Crippen molar-refractivity contribution >= 4 is 11.8 Å². The lowest BCUT2D eigenvalue weighted by Gasteiger charge is -2.17. The van der Waals surface area contributed by atoms with Gasteiger partial charge in [0.1, 0.15) is 0 Å². The summed E-state index contributed by atoms with van der Waals surface area (Å²) in [6.07, 6.45) is 0.860. The van der Waals surface area contributed by atoms with E-state index in [1.54, 1.807) is 0 Å². The van der Waals surface area contributed by atoms with Crippen molar-refractivity contribution < 1.29 is 9.59 Å². The van der Waals surface area contributed by atoms with Crippen molar-refractivity contribution in [2.24, 2.45) is 0 Å².